The second-order valence-corrected chi connectivity index (χ2v) is 4.66. The van der Waals surface area contributed by atoms with Crippen molar-refractivity contribution in [2.24, 2.45) is 5.41 Å². The zero-order chi connectivity index (χ0) is 14.1. The van der Waals surface area contributed by atoms with E-state index in [0.29, 0.717) is 6.54 Å². The summed E-state index contributed by atoms with van der Waals surface area (Å²) in [6, 6.07) is 9.38. The highest BCUT2D eigenvalue weighted by atomic mass is 16.3. The van der Waals surface area contributed by atoms with E-state index in [2.05, 4.69) is 17.2 Å². The van der Waals surface area contributed by atoms with Crippen molar-refractivity contribution in [2.45, 2.75) is 26.7 Å². The fraction of sp³-hybridized carbons (Fsp3) is 0.438. The van der Waals surface area contributed by atoms with E-state index in [0.717, 1.165) is 18.4 Å². The van der Waals surface area contributed by atoms with Crippen LogP contribution < -0.4 is 5.32 Å². The Hall–Kier alpha value is -1.79. The first kappa shape index (κ1) is 15.3. The summed E-state index contributed by atoms with van der Waals surface area (Å²) in [6.45, 7) is 4.56. The third-order valence-electron chi connectivity index (χ3n) is 3.55. The maximum atomic E-state index is 11.6. The third-order valence-corrected chi connectivity index (χ3v) is 3.55. The highest BCUT2D eigenvalue weighted by Gasteiger charge is 2.25. The van der Waals surface area contributed by atoms with Gasteiger partial charge in [0.25, 0.3) is 5.91 Å². The molecule has 0 saturated heterocycles. The van der Waals surface area contributed by atoms with Crippen LogP contribution in [-0.4, -0.2) is 24.2 Å². The van der Waals surface area contributed by atoms with Crippen molar-refractivity contribution < 1.29 is 9.90 Å². The average Bonchev–Trinajstić information content (AvgIpc) is 2.48. The molecule has 3 heteroatoms. The van der Waals surface area contributed by atoms with E-state index in [9.17, 15) is 9.90 Å². The molecule has 0 heterocycles. The van der Waals surface area contributed by atoms with Crippen molar-refractivity contribution in [3.8, 4) is 11.8 Å². The van der Waals surface area contributed by atoms with Crippen LogP contribution in [0, 0.1) is 17.3 Å². The van der Waals surface area contributed by atoms with Crippen LogP contribution in [0.3, 0.4) is 0 Å². The van der Waals surface area contributed by atoms with Crippen LogP contribution in [0.15, 0.2) is 30.3 Å². The van der Waals surface area contributed by atoms with Crippen molar-refractivity contribution in [1.82, 2.24) is 5.32 Å². The molecule has 0 aliphatic rings. The minimum atomic E-state index is -0.302. The van der Waals surface area contributed by atoms with Crippen molar-refractivity contribution >= 4 is 5.91 Å². The molecule has 0 unspecified atom stereocenters. The van der Waals surface area contributed by atoms with E-state index in [1.54, 1.807) is 0 Å². The number of hydrogen-bond acceptors (Lipinski definition) is 2. The van der Waals surface area contributed by atoms with Crippen LogP contribution in [0.1, 0.15) is 32.3 Å². The summed E-state index contributed by atoms with van der Waals surface area (Å²) in [6.07, 6.45) is 1.65. The second-order valence-electron chi connectivity index (χ2n) is 4.66. The number of carbonyl (C=O) groups is 1. The molecular formula is C16H21NO2. The van der Waals surface area contributed by atoms with E-state index < -0.39 is 0 Å². The fourth-order valence-electron chi connectivity index (χ4n) is 1.74. The van der Waals surface area contributed by atoms with Crippen LogP contribution >= 0.6 is 0 Å². The normalized spacial score (nSPS) is 10.5. The Labute approximate surface area is 115 Å². The number of amides is 1. The second kappa shape index (κ2) is 7.60. The number of aliphatic hydroxyl groups is 1. The lowest BCUT2D eigenvalue weighted by molar-refractivity contribution is -0.116. The smallest absolute Gasteiger partial charge is 0.296 e. The summed E-state index contributed by atoms with van der Waals surface area (Å²) in [5.41, 5.74) is 0.585. The first-order chi connectivity index (χ1) is 9.15. The predicted molar refractivity (Wildman–Crippen MR) is 76.4 cm³/mol. The van der Waals surface area contributed by atoms with Gasteiger partial charge in [-0.1, -0.05) is 38.0 Å². The van der Waals surface area contributed by atoms with Gasteiger partial charge in [0.05, 0.1) is 6.61 Å². The summed E-state index contributed by atoms with van der Waals surface area (Å²) in [4.78, 5) is 11.6. The van der Waals surface area contributed by atoms with E-state index in [1.807, 2.05) is 44.2 Å². The molecule has 3 nitrogen and oxygen atoms in total. The predicted octanol–water partition coefficient (Wildman–Crippen LogP) is 1.95. The van der Waals surface area contributed by atoms with E-state index in [1.165, 1.54) is 0 Å². The Morgan fingerprint density at radius 3 is 2.42 bits per heavy atom. The summed E-state index contributed by atoms with van der Waals surface area (Å²) < 4.78 is 0. The SMILES string of the molecule is CCC(CC)(CO)CNC(=O)C#Cc1ccccc1. The maximum Gasteiger partial charge on any atom is 0.296 e. The van der Waals surface area contributed by atoms with Crippen molar-refractivity contribution in [3.63, 3.8) is 0 Å². The van der Waals surface area contributed by atoms with Gasteiger partial charge >= 0.3 is 0 Å². The summed E-state index contributed by atoms with van der Waals surface area (Å²) in [5.74, 6) is 5.07. The number of rotatable bonds is 5. The van der Waals surface area contributed by atoms with Gasteiger partial charge in [0.15, 0.2) is 0 Å². The largest absolute Gasteiger partial charge is 0.396 e. The molecule has 0 aromatic heterocycles. The number of benzene rings is 1. The molecule has 0 fully saturated rings. The minimum absolute atomic E-state index is 0.0758. The zero-order valence-electron chi connectivity index (χ0n) is 11.6. The van der Waals surface area contributed by atoms with Crippen LogP contribution in [0.5, 0.6) is 0 Å². The van der Waals surface area contributed by atoms with Crippen LogP contribution in [0.2, 0.25) is 0 Å². The van der Waals surface area contributed by atoms with E-state index >= 15 is 0 Å². The van der Waals surface area contributed by atoms with Crippen LogP contribution in [0.4, 0.5) is 0 Å². The molecule has 1 amide bonds. The number of aliphatic hydroxyl groups excluding tert-OH is 1. The minimum Gasteiger partial charge on any atom is -0.396 e. The van der Waals surface area contributed by atoms with Gasteiger partial charge in [-0.15, -0.1) is 0 Å². The first-order valence-electron chi connectivity index (χ1n) is 6.61. The van der Waals surface area contributed by atoms with Gasteiger partial charge in [-0.25, -0.2) is 0 Å². The quantitative estimate of drug-likeness (QED) is 0.794. The van der Waals surface area contributed by atoms with Crippen LogP contribution in [-0.2, 0) is 4.79 Å². The highest BCUT2D eigenvalue weighted by molar-refractivity contribution is 5.94. The number of nitrogens with one attached hydrogen (secondary N) is 1. The fourth-order valence-corrected chi connectivity index (χ4v) is 1.74. The van der Waals surface area contributed by atoms with Gasteiger partial charge in [-0.3, -0.25) is 4.79 Å². The summed E-state index contributed by atoms with van der Waals surface area (Å²) >= 11 is 0. The first-order valence-corrected chi connectivity index (χ1v) is 6.61. The van der Waals surface area contributed by atoms with Gasteiger partial charge in [0, 0.05) is 23.4 Å². The molecule has 1 aromatic rings. The lowest BCUT2D eigenvalue weighted by Crippen LogP contribution is -2.38. The molecule has 102 valence electrons. The van der Waals surface area contributed by atoms with Gasteiger partial charge < -0.3 is 10.4 Å². The lowest BCUT2D eigenvalue weighted by atomic mass is 9.83. The van der Waals surface area contributed by atoms with E-state index in [-0.39, 0.29) is 17.9 Å². The molecule has 0 atom stereocenters. The Kier molecular flexibility index (Phi) is 6.11. The average molecular weight is 259 g/mol. The summed E-state index contributed by atoms with van der Waals surface area (Å²) in [7, 11) is 0. The van der Waals surface area contributed by atoms with Gasteiger partial charge in [0.1, 0.15) is 0 Å². The molecule has 0 aliphatic heterocycles. The summed E-state index contributed by atoms with van der Waals surface area (Å²) in [5, 5.41) is 12.2. The zero-order valence-corrected chi connectivity index (χ0v) is 11.6. The Balaban J connectivity index is 2.55. The lowest BCUT2D eigenvalue weighted by Gasteiger charge is -2.28. The van der Waals surface area contributed by atoms with E-state index in [4.69, 9.17) is 0 Å². The Morgan fingerprint density at radius 1 is 1.26 bits per heavy atom. The van der Waals surface area contributed by atoms with Gasteiger partial charge in [-0.2, -0.15) is 0 Å². The molecular weight excluding hydrogens is 238 g/mol. The van der Waals surface area contributed by atoms with Crippen molar-refractivity contribution in [3.05, 3.63) is 35.9 Å². The molecule has 1 aromatic carbocycles. The van der Waals surface area contributed by atoms with Crippen molar-refractivity contribution in [2.75, 3.05) is 13.2 Å². The molecule has 19 heavy (non-hydrogen) atoms. The molecule has 0 radical (unpaired) electrons. The van der Waals surface area contributed by atoms with Gasteiger partial charge in [0.2, 0.25) is 0 Å². The van der Waals surface area contributed by atoms with Crippen molar-refractivity contribution in [1.29, 1.82) is 0 Å². The van der Waals surface area contributed by atoms with Crippen LogP contribution in [0.25, 0.3) is 0 Å². The molecule has 0 saturated carbocycles. The molecule has 1 rings (SSSR count). The monoisotopic (exact) mass is 259 g/mol. The molecule has 2 N–H and O–H groups in total. The standard InChI is InChI=1S/C16H21NO2/c1-3-16(4-2,13-18)12-17-15(19)11-10-14-8-6-5-7-9-14/h5-9,18H,3-4,12-13H2,1-2H3,(H,17,19). The Bertz CT molecular complexity index is 444. The molecule has 0 aliphatic carbocycles. The molecule has 0 spiro atoms. The van der Waals surface area contributed by atoms with Gasteiger partial charge in [-0.05, 0) is 25.0 Å². The highest BCUT2D eigenvalue weighted by Crippen LogP contribution is 2.24. The third kappa shape index (κ3) is 4.76. The molecule has 0 bridgehead atoms. The topological polar surface area (TPSA) is 49.3 Å². The maximum absolute atomic E-state index is 11.6. The number of carbonyl (C=O) groups excluding carboxylic acids is 1. The number of hydrogen-bond donors (Lipinski definition) is 2. The Morgan fingerprint density at radius 2 is 1.89 bits per heavy atom.